The number of hydrogen-bond acceptors (Lipinski definition) is 2. The molecule has 64 valence electrons. The minimum absolute atomic E-state index is 0.0596. The number of alkyl halides is 2. The van der Waals surface area contributed by atoms with Crippen LogP contribution < -0.4 is 0 Å². The summed E-state index contributed by atoms with van der Waals surface area (Å²) in [6.07, 6.45) is 0. The Hall–Kier alpha value is -0.230. The van der Waals surface area contributed by atoms with Gasteiger partial charge in [-0.2, -0.15) is 4.39 Å². The van der Waals surface area contributed by atoms with Crippen molar-refractivity contribution >= 4 is 40.0 Å². The molecule has 0 saturated heterocycles. The van der Waals surface area contributed by atoms with Crippen LogP contribution in [-0.2, 0) is 0 Å². The van der Waals surface area contributed by atoms with Crippen molar-refractivity contribution in [1.29, 1.82) is 0 Å². The highest BCUT2D eigenvalue weighted by Crippen LogP contribution is 2.12. The van der Waals surface area contributed by atoms with Crippen LogP contribution in [0.1, 0.15) is 10.5 Å². The van der Waals surface area contributed by atoms with Gasteiger partial charge in [0.1, 0.15) is 9.08 Å². The maximum absolute atomic E-state index is 12.5. The minimum Gasteiger partial charge on any atom is -0.290 e. The summed E-state index contributed by atoms with van der Waals surface area (Å²) in [5.74, 6) is -1.05. The molecule has 0 amide bonds. The monoisotopic (exact) mass is 299 g/mol. The lowest BCUT2D eigenvalue weighted by molar-refractivity contribution is 0.101. The average molecular weight is 299 g/mol. The molecule has 0 bridgehead atoms. The highest BCUT2D eigenvalue weighted by Gasteiger charge is 2.15. The molecule has 0 radical (unpaired) electrons. The zero-order valence-electron chi connectivity index (χ0n) is 5.80. The summed E-state index contributed by atoms with van der Waals surface area (Å²) in [5.41, 5.74) is 0.0596. The molecule has 5 heteroatoms. The van der Waals surface area contributed by atoms with Gasteiger partial charge in [-0.05, 0) is 12.1 Å². The third kappa shape index (κ3) is 2.38. The Kier molecular flexibility index (Phi) is 3.39. The topological polar surface area (TPSA) is 30.0 Å². The number of ketones is 1. The van der Waals surface area contributed by atoms with Gasteiger partial charge in [0.2, 0.25) is 11.7 Å². The van der Waals surface area contributed by atoms with Gasteiger partial charge in [-0.25, -0.2) is 4.98 Å². The van der Waals surface area contributed by atoms with Crippen LogP contribution in [0.5, 0.6) is 0 Å². The Morgan fingerprint density at radius 1 is 1.67 bits per heavy atom. The summed E-state index contributed by atoms with van der Waals surface area (Å²) in [4.78, 5) is 14.5. The van der Waals surface area contributed by atoms with Crippen molar-refractivity contribution in [3.8, 4) is 0 Å². The van der Waals surface area contributed by atoms with Gasteiger partial charge in [0.25, 0.3) is 0 Å². The Bertz CT molecular complexity index is 305. The second-order valence-corrected chi connectivity index (χ2v) is 4.43. The van der Waals surface area contributed by atoms with E-state index in [9.17, 15) is 9.18 Å². The van der Waals surface area contributed by atoms with Gasteiger partial charge in [0, 0.05) is 0 Å². The van der Waals surface area contributed by atoms with Gasteiger partial charge in [-0.1, -0.05) is 28.7 Å². The zero-order valence-corrected chi connectivity index (χ0v) is 8.71. The molecular formula is C7H4ClFINO. The normalized spacial score (nSPS) is 12.6. The summed E-state index contributed by atoms with van der Waals surface area (Å²) in [5, 5.41) is 0. The molecule has 0 N–H and O–H groups in total. The molecule has 0 saturated carbocycles. The molecule has 0 fully saturated rings. The van der Waals surface area contributed by atoms with Crippen LogP contribution in [-0.4, -0.2) is 14.2 Å². The number of carbonyl (C=O) groups is 1. The summed E-state index contributed by atoms with van der Waals surface area (Å²) in [7, 11) is 0. The lowest BCUT2D eigenvalue weighted by Crippen LogP contribution is -2.10. The molecule has 1 rings (SSSR count). The van der Waals surface area contributed by atoms with Crippen LogP contribution >= 0.6 is 34.2 Å². The van der Waals surface area contributed by atoms with Crippen molar-refractivity contribution in [2.45, 2.75) is 3.38 Å². The smallest absolute Gasteiger partial charge is 0.213 e. The first-order valence-electron chi connectivity index (χ1n) is 3.06. The first-order valence-corrected chi connectivity index (χ1v) is 4.74. The number of Topliss-reactive ketones (excluding diaryl/α,β-unsaturated/α-hetero) is 1. The third-order valence-corrected chi connectivity index (χ3v) is 1.93. The predicted molar refractivity (Wildman–Crippen MR) is 52.2 cm³/mol. The standard InChI is InChI=1S/C7H4ClFINO/c8-7(10)6(12)4-2-1-3-5(9)11-4/h1-3,7H. The van der Waals surface area contributed by atoms with Crippen LogP contribution in [0.25, 0.3) is 0 Å². The number of pyridine rings is 1. The summed E-state index contributed by atoms with van der Waals surface area (Å²) in [6.45, 7) is 0. The molecule has 1 aromatic heterocycles. The van der Waals surface area contributed by atoms with Crippen LogP contribution in [0.3, 0.4) is 0 Å². The van der Waals surface area contributed by atoms with Crippen LogP contribution in [0, 0.1) is 5.95 Å². The molecule has 12 heavy (non-hydrogen) atoms. The van der Waals surface area contributed by atoms with E-state index in [4.69, 9.17) is 11.6 Å². The van der Waals surface area contributed by atoms with E-state index < -0.39 is 9.33 Å². The van der Waals surface area contributed by atoms with Gasteiger partial charge in [-0.3, -0.25) is 4.79 Å². The Labute approximate surface area is 87.3 Å². The maximum Gasteiger partial charge on any atom is 0.213 e. The Morgan fingerprint density at radius 3 is 2.83 bits per heavy atom. The van der Waals surface area contributed by atoms with E-state index >= 15 is 0 Å². The molecule has 1 atom stereocenters. The number of carbonyl (C=O) groups excluding carboxylic acids is 1. The Morgan fingerprint density at radius 2 is 2.33 bits per heavy atom. The van der Waals surface area contributed by atoms with Crippen molar-refractivity contribution in [1.82, 2.24) is 4.98 Å². The first-order chi connectivity index (χ1) is 5.61. The molecule has 0 aromatic carbocycles. The number of hydrogen-bond donors (Lipinski definition) is 0. The first kappa shape index (κ1) is 9.85. The molecular weight excluding hydrogens is 295 g/mol. The zero-order chi connectivity index (χ0) is 9.14. The predicted octanol–water partition coefficient (Wildman–Crippen LogP) is 2.40. The SMILES string of the molecule is O=C(c1cccc(F)n1)C(Cl)I. The lowest BCUT2D eigenvalue weighted by Gasteiger charge is -1.98. The number of nitrogens with zero attached hydrogens (tertiary/aromatic N) is 1. The van der Waals surface area contributed by atoms with E-state index in [0.717, 1.165) is 0 Å². The molecule has 0 aliphatic carbocycles. The van der Waals surface area contributed by atoms with E-state index in [2.05, 4.69) is 4.98 Å². The van der Waals surface area contributed by atoms with Gasteiger partial charge >= 0.3 is 0 Å². The second-order valence-electron chi connectivity index (χ2n) is 2.01. The summed E-state index contributed by atoms with van der Waals surface area (Å²) < 4.78 is 11.8. The van der Waals surface area contributed by atoms with E-state index in [1.54, 1.807) is 22.6 Å². The van der Waals surface area contributed by atoms with Crippen LogP contribution in [0.4, 0.5) is 4.39 Å². The summed E-state index contributed by atoms with van der Waals surface area (Å²) >= 11 is 7.23. The molecule has 1 heterocycles. The molecule has 1 unspecified atom stereocenters. The highest BCUT2D eigenvalue weighted by atomic mass is 127. The van der Waals surface area contributed by atoms with Crippen LogP contribution in [0.15, 0.2) is 18.2 Å². The average Bonchev–Trinajstić information content (AvgIpc) is 2.03. The van der Waals surface area contributed by atoms with E-state index in [1.165, 1.54) is 18.2 Å². The summed E-state index contributed by atoms with van der Waals surface area (Å²) in [6, 6.07) is 4.03. The van der Waals surface area contributed by atoms with Crippen molar-refractivity contribution in [2.75, 3.05) is 0 Å². The lowest BCUT2D eigenvalue weighted by atomic mass is 10.3. The largest absolute Gasteiger partial charge is 0.290 e. The molecule has 0 aliphatic heterocycles. The van der Waals surface area contributed by atoms with E-state index in [1.807, 2.05) is 0 Å². The van der Waals surface area contributed by atoms with Crippen molar-refractivity contribution in [3.63, 3.8) is 0 Å². The third-order valence-electron chi connectivity index (χ3n) is 1.17. The Balaban J connectivity index is 2.96. The second kappa shape index (κ2) is 4.13. The molecule has 2 nitrogen and oxygen atoms in total. The van der Waals surface area contributed by atoms with E-state index in [0.29, 0.717) is 0 Å². The van der Waals surface area contributed by atoms with Crippen molar-refractivity contribution < 1.29 is 9.18 Å². The van der Waals surface area contributed by atoms with Crippen LogP contribution in [0.2, 0.25) is 0 Å². The van der Waals surface area contributed by atoms with Gasteiger partial charge in [0.15, 0.2) is 0 Å². The van der Waals surface area contributed by atoms with Crippen molar-refractivity contribution in [2.24, 2.45) is 0 Å². The maximum atomic E-state index is 12.5. The number of aromatic nitrogens is 1. The molecule has 0 spiro atoms. The molecule has 1 aromatic rings. The molecule has 0 aliphatic rings. The fourth-order valence-corrected chi connectivity index (χ4v) is 1.09. The fourth-order valence-electron chi connectivity index (χ4n) is 0.657. The van der Waals surface area contributed by atoms with Gasteiger partial charge in [-0.15, -0.1) is 11.6 Å². The van der Waals surface area contributed by atoms with Gasteiger partial charge in [0.05, 0.1) is 0 Å². The number of rotatable bonds is 2. The van der Waals surface area contributed by atoms with Crippen molar-refractivity contribution in [3.05, 3.63) is 29.8 Å². The van der Waals surface area contributed by atoms with E-state index in [-0.39, 0.29) is 11.5 Å². The highest BCUT2D eigenvalue weighted by molar-refractivity contribution is 14.1. The minimum atomic E-state index is -0.697. The fraction of sp³-hybridized carbons (Fsp3) is 0.143. The quantitative estimate of drug-likeness (QED) is 0.363. The van der Waals surface area contributed by atoms with Gasteiger partial charge < -0.3 is 0 Å². The number of halogens is 3.